The third-order valence-electron chi connectivity index (χ3n) is 7.86. The number of thioether (sulfide) groups is 1. The molecule has 0 bridgehead atoms. The molecule has 1 N–H and O–H groups in total. The number of carbonyl (C=O) groups is 3. The maximum Gasteiger partial charge on any atom is 0.255 e. The summed E-state index contributed by atoms with van der Waals surface area (Å²) in [6.07, 6.45) is 16.9. The minimum absolute atomic E-state index is 0.0894. The largest absolute Gasteiger partial charge is 0.322 e. The topological polar surface area (TPSA) is 69.7 Å². The molecule has 1 unspecified atom stereocenters. The summed E-state index contributed by atoms with van der Waals surface area (Å²) in [5.74, 6) is 0.368. The number of nitrogens with one attached hydrogen (secondary N) is 1. The van der Waals surface area contributed by atoms with Crippen LogP contribution in [0.15, 0.2) is 23.1 Å². The predicted molar refractivity (Wildman–Crippen MR) is 145 cm³/mol. The first-order valence-electron chi connectivity index (χ1n) is 14.2. The van der Waals surface area contributed by atoms with Crippen LogP contribution in [0.1, 0.15) is 106 Å². The van der Waals surface area contributed by atoms with Gasteiger partial charge >= 0.3 is 0 Å². The number of amides is 3. The van der Waals surface area contributed by atoms with Crippen LogP contribution < -0.4 is 5.32 Å². The zero-order valence-electron chi connectivity index (χ0n) is 21.8. The Hall–Kier alpha value is -1.86. The van der Waals surface area contributed by atoms with Gasteiger partial charge in [0.2, 0.25) is 11.8 Å². The number of carbonyl (C=O) groups excluding carboxylic acids is 3. The van der Waals surface area contributed by atoms with Gasteiger partial charge in [0.25, 0.3) is 5.91 Å². The SMILES string of the molecule is O=C1CCC(N2Cc3c(SCCCCCCCCCCCN4CCCCC4)cccc3C2=O)C(=O)N1. The fourth-order valence-electron chi connectivity index (χ4n) is 5.73. The second-order valence-electron chi connectivity index (χ2n) is 10.6. The number of hydrogen-bond acceptors (Lipinski definition) is 5. The molecule has 6 nitrogen and oxygen atoms in total. The second kappa shape index (κ2) is 14.2. The number of benzene rings is 1. The van der Waals surface area contributed by atoms with Crippen molar-refractivity contribution in [1.82, 2.24) is 15.1 Å². The highest BCUT2D eigenvalue weighted by molar-refractivity contribution is 7.99. The number of hydrogen-bond donors (Lipinski definition) is 1. The van der Waals surface area contributed by atoms with Crippen LogP contribution in [-0.2, 0) is 16.1 Å². The molecule has 3 heterocycles. The highest BCUT2D eigenvalue weighted by atomic mass is 32.2. The van der Waals surface area contributed by atoms with Crippen molar-refractivity contribution in [1.29, 1.82) is 0 Å². The van der Waals surface area contributed by atoms with Crippen LogP contribution in [0.2, 0.25) is 0 Å². The van der Waals surface area contributed by atoms with Crippen LogP contribution in [0.3, 0.4) is 0 Å². The number of unbranched alkanes of at least 4 members (excludes halogenated alkanes) is 8. The second-order valence-corrected chi connectivity index (χ2v) is 11.8. The number of nitrogens with zero attached hydrogens (tertiary/aromatic N) is 2. The Morgan fingerprint density at radius 1 is 0.861 bits per heavy atom. The third kappa shape index (κ3) is 7.58. The van der Waals surface area contributed by atoms with Crippen molar-refractivity contribution < 1.29 is 14.4 Å². The molecule has 1 aromatic carbocycles. The summed E-state index contributed by atoms with van der Waals surface area (Å²) in [5.41, 5.74) is 1.75. The molecule has 1 aromatic rings. The lowest BCUT2D eigenvalue weighted by molar-refractivity contribution is -0.136. The number of fused-ring (bicyclic) bond motifs is 1. The smallest absolute Gasteiger partial charge is 0.255 e. The van der Waals surface area contributed by atoms with E-state index in [1.807, 2.05) is 23.9 Å². The average molecular weight is 514 g/mol. The van der Waals surface area contributed by atoms with E-state index in [-0.39, 0.29) is 24.1 Å². The van der Waals surface area contributed by atoms with E-state index in [9.17, 15) is 14.4 Å². The van der Waals surface area contributed by atoms with Gasteiger partial charge in [0.1, 0.15) is 6.04 Å². The molecular formula is C29H43N3O3S. The molecule has 0 radical (unpaired) electrons. The van der Waals surface area contributed by atoms with Crippen LogP contribution in [0.4, 0.5) is 0 Å². The Kier molecular flexibility index (Phi) is 10.7. The third-order valence-corrected chi connectivity index (χ3v) is 9.05. The van der Waals surface area contributed by atoms with E-state index in [0.717, 1.165) is 16.2 Å². The average Bonchev–Trinajstić information content (AvgIpc) is 3.22. The number of imide groups is 1. The van der Waals surface area contributed by atoms with Gasteiger partial charge in [-0.1, -0.05) is 57.4 Å². The maximum absolute atomic E-state index is 13.0. The Morgan fingerprint density at radius 3 is 2.28 bits per heavy atom. The summed E-state index contributed by atoms with van der Waals surface area (Å²) >= 11 is 1.83. The van der Waals surface area contributed by atoms with Crippen LogP contribution in [0.25, 0.3) is 0 Å². The van der Waals surface area contributed by atoms with Gasteiger partial charge in [-0.2, -0.15) is 0 Å². The quantitative estimate of drug-likeness (QED) is 0.201. The summed E-state index contributed by atoms with van der Waals surface area (Å²) in [6, 6.07) is 5.35. The summed E-state index contributed by atoms with van der Waals surface area (Å²) in [4.78, 5) is 42.2. The van der Waals surface area contributed by atoms with Gasteiger partial charge in [0, 0.05) is 23.4 Å². The molecule has 0 aliphatic carbocycles. The molecule has 7 heteroatoms. The molecule has 3 amide bonds. The van der Waals surface area contributed by atoms with Crippen LogP contribution in [0.5, 0.6) is 0 Å². The van der Waals surface area contributed by atoms with Gasteiger partial charge in [-0.25, -0.2) is 0 Å². The highest BCUT2D eigenvalue weighted by Gasteiger charge is 2.39. The van der Waals surface area contributed by atoms with Gasteiger partial charge in [-0.3, -0.25) is 19.7 Å². The van der Waals surface area contributed by atoms with Gasteiger partial charge < -0.3 is 9.80 Å². The standard InChI is InChI=1S/C29H43N3O3S/c33-27-17-16-25(28(34)30-27)32-22-24-23(29(32)35)14-13-15-26(24)36-21-12-7-5-3-1-2-4-6-9-18-31-19-10-8-11-20-31/h13-15,25H,1-12,16-22H2,(H,30,33,34). The minimum Gasteiger partial charge on any atom is -0.322 e. The Labute approximate surface area is 220 Å². The first-order chi connectivity index (χ1) is 17.6. The summed E-state index contributed by atoms with van der Waals surface area (Å²) < 4.78 is 0. The Morgan fingerprint density at radius 2 is 1.56 bits per heavy atom. The van der Waals surface area contributed by atoms with Crippen molar-refractivity contribution in [2.45, 2.75) is 107 Å². The van der Waals surface area contributed by atoms with E-state index in [1.54, 1.807) is 4.90 Å². The number of likely N-dealkylation sites (tertiary alicyclic amines) is 1. The monoisotopic (exact) mass is 513 g/mol. The minimum atomic E-state index is -0.546. The van der Waals surface area contributed by atoms with E-state index >= 15 is 0 Å². The lowest BCUT2D eigenvalue weighted by Gasteiger charge is -2.29. The molecule has 198 valence electrons. The number of rotatable bonds is 14. The van der Waals surface area contributed by atoms with Gasteiger partial charge in [-0.15, -0.1) is 11.8 Å². The van der Waals surface area contributed by atoms with Crippen molar-refractivity contribution in [2.75, 3.05) is 25.4 Å². The van der Waals surface area contributed by atoms with E-state index in [2.05, 4.69) is 16.3 Å². The van der Waals surface area contributed by atoms with E-state index < -0.39 is 6.04 Å². The van der Waals surface area contributed by atoms with Crippen molar-refractivity contribution in [3.8, 4) is 0 Å². The first-order valence-corrected chi connectivity index (χ1v) is 15.2. The van der Waals surface area contributed by atoms with Crippen LogP contribution >= 0.6 is 11.8 Å². The normalized spacial score (nSPS) is 20.6. The molecule has 1 atom stereocenters. The summed E-state index contributed by atoms with van der Waals surface area (Å²) in [5, 5.41) is 2.38. The van der Waals surface area contributed by atoms with Crippen molar-refractivity contribution in [3.63, 3.8) is 0 Å². The summed E-state index contributed by atoms with van der Waals surface area (Å²) in [7, 11) is 0. The van der Waals surface area contributed by atoms with E-state index in [1.165, 1.54) is 96.7 Å². The molecule has 3 aliphatic heterocycles. The zero-order chi connectivity index (χ0) is 25.2. The van der Waals surface area contributed by atoms with Crippen molar-refractivity contribution in [3.05, 3.63) is 29.3 Å². The highest BCUT2D eigenvalue weighted by Crippen LogP contribution is 2.34. The molecule has 2 fully saturated rings. The Bertz CT molecular complexity index is 900. The lowest BCUT2D eigenvalue weighted by atomic mass is 10.0. The van der Waals surface area contributed by atoms with Gasteiger partial charge in [0.05, 0.1) is 0 Å². The van der Waals surface area contributed by atoms with Crippen molar-refractivity contribution in [2.24, 2.45) is 0 Å². The maximum atomic E-state index is 13.0. The van der Waals surface area contributed by atoms with Gasteiger partial charge in [-0.05, 0) is 75.2 Å². The number of piperidine rings is 2. The summed E-state index contributed by atoms with van der Waals surface area (Å²) in [6.45, 7) is 4.42. The molecule has 0 spiro atoms. The molecule has 0 aromatic heterocycles. The zero-order valence-corrected chi connectivity index (χ0v) is 22.6. The van der Waals surface area contributed by atoms with Crippen LogP contribution in [-0.4, -0.2) is 59.0 Å². The molecule has 0 saturated carbocycles. The van der Waals surface area contributed by atoms with Gasteiger partial charge in [0.15, 0.2) is 0 Å². The predicted octanol–water partition coefficient (Wildman–Crippen LogP) is 5.54. The fraction of sp³-hybridized carbons (Fsp3) is 0.690. The van der Waals surface area contributed by atoms with Crippen LogP contribution in [0, 0.1) is 0 Å². The molecule has 2 saturated heterocycles. The van der Waals surface area contributed by atoms with Crippen molar-refractivity contribution >= 4 is 29.5 Å². The Balaban J connectivity index is 1.07. The molecule has 4 rings (SSSR count). The molecule has 36 heavy (non-hydrogen) atoms. The molecule has 3 aliphatic rings. The lowest BCUT2D eigenvalue weighted by Crippen LogP contribution is -2.52. The molecular weight excluding hydrogens is 470 g/mol. The fourth-order valence-corrected chi connectivity index (χ4v) is 6.82. The van der Waals surface area contributed by atoms with E-state index in [0.29, 0.717) is 18.5 Å². The first kappa shape index (κ1) is 27.2. The van der Waals surface area contributed by atoms with E-state index in [4.69, 9.17) is 0 Å².